The minimum absolute atomic E-state index is 0.234. The SMILES string of the molecule is CN1C(=O)COC(C(=O)O)C1c1occc1Br. The number of rotatable bonds is 2. The molecule has 1 fully saturated rings. The van der Waals surface area contributed by atoms with Crippen LogP contribution in [0.1, 0.15) is 11.8 Å². The van der Waals surface area contributed by atoms with Gasteiger partial charge in [0.2, 0.25) is 5.91 Å². The molecule has 0 spiro atoms. The highest BCUT2D eigenvalue weighted by Crippen LogP contribution is 2.34. The zero-order chi connectivity index (χ0) is 12.6. The lowest BCUT2D eigenvalue weighted by Crippen LogP contribution is -2.50. The fraction of sp³-hybridized carbons (Fsp3) is 0.400. The Bertz CT molecular complexity index is 457. The van der Waals surface area contributed by atoms with Crippen molar-refractivity contribution < 1.29 is 23.8 Å². The molecule has 1 aliphatic rings. The number of hydrogen-bond donors (Lipinski definition) is 1. The first-order valence-electron chi connectivity index (χ1n) is 4.85. The van der Waals surface area contributed by atoms with Gasteiger partial charge in [-0.2, -0.15) is 0 Å². The van der Waals surface area contributed by atoms with Gasteiger partial charge in [0.05, 0.1) is 10.7 Å². The lowest BCUT2D eigenvalue weighted by molar-refractivity contribution is -0.172. The fourth-order valence-corrected chi connectivity index (χ4v) is 2.18. The quantitative estimate of drug-likeness (QED) is 0.882. The number of carboxylic acids is 1. The molecule has 17 heavy (non-hydrogen) atoms. The Morgan fingerprint density at radius 2 is 2.35 bits per heavy atom. The minimum Gasteiger partial charge on any atom is -0.479 e. The van der Waals surface area contributed by atoms with E-state index < -0.39 is 18.1 Å². The topological polar surface area (TPSA) is 80.0 Å². The zero-order valence-electron chi connectivity index (χ0n) is 8.92. The second kappa shape index (κ2) is 4.50. The van der Waals surface area contributed by atoms with Gasteiger partial charge in [0.1, 0.15) is 18.4 Å². The number of hydrogen-bond acceptors (Lipinski definition) is 4. The van der Waals surface area contributed by atoms with E-state index in [9.17, 15) is 9.59 Å². The predicted octanol–water partition coefficient (Wildman–Crippen LogP) is 1.02. The highest BCUT2D eigenvalue weighted by molar-refractivity contribution is 9.10. The summed E-state index contributed by atoms with van der Waals surface area (Å²) in [6, 6.07) is 0.874. The van der Waals surface area contributed by atoms with Crippen LogP contribution in [0.4, 0.5) is 0 Å². The largest absolute Gasteiger partial charge is 0.479 e. The van der Waals surface area contributed by atoms with Gasteiger partial charge < -0.3 is 19.2 Å². The summed E-state index contributed by atoms with van der Waals surface area (Å²) in [5, 5.41) is 9.08. The van der Waals surface area contributed by atoms with Crippen LogP contribution in [0.2, 0.25) is 0 Å². The minimum atomic E-state index is -1.13. The summed E-state index contributed by atoms with van der Waals surface area (Å²) >= 11 is 3.25. The number of nitrogens with zero attached hydrogens (tertiary/aromatic N) is 1. The first-order chi connectivity index (χ1) is 8.02. The molecule has 2 rings (SSSR count). The summed E-state index contributed by atoms with van der Waals surface area (Å²) in [5.74, 6) is -1.04. The van der Waals surface area contributed by atoms with Crippen LogP contribution in [0.25, 0.3) is 0 Å². The number of carbonyl (C=O) groups is 2. The highest BCUT2D eigenvalue weighted by atomic mass is 79.9. The molecule has 1 aromatic heterocycles. The molecule has 2 atom stereocenters. The Hall–Kier alpha value is -1.34. The van der Waals surface area contributed by atoms with Crippen molar-refractivity contribution in [3.8, 4) is 0 Å². The molecule has 2 heterocycles. The van der Waals surface area contributed by atoms with Crippen LogP contribution in [-0.2, 0) is 14.3 Å². The third-order valence-corrected chi connectivity index (χ3v) is 3.30. The van der Waals surface area contributed by atoms with E-state index in [0.717, 1.165) is 0 Å². The molecule has 1 aliphatic heterocycles. The molecule has 6 nitrogen and oxygen atoms in total. The highest BCUT2D eigenvalue weighted by Gasteiger charge is 2.42. The van der Waals surface area contributed by atoms with Crippen LogP contribution in [0.15, 0.2) is 21.2 Å². The molecule has 0 bridgehead atoms. The van der Waals surface area contributed by atoms with Crippen LogP contribution in [-0.4, -0.2) is 41.6 Å². The third-order valence-electron chi connectivity index (χ3n) is 2.64. The maximum atomic E-state index is 11.5. The lowest BCUT2D eigenvalue weighted by Gasteiger charge is -2.35. The number of halogens is 1. The molecule has 0 aliphatic carbocycles. The molecule has 1 aromatic rings. The number of likely N-dealkylation sites (N-methyl/N-ethyl adjacent to an activating group) is 1. The van der Waals surface area contributed by atoms with Crippen molar-refractivity contribution in [2.75, 3.05) is 13.7 Å². The molecule has 92 valence electrons. The van der Waals surface area contributed by atoms with E-state index in [-0.39, 0.29) is 12.5 Å². The second-order valence-electron chi connectivity index (χ2n) is 3.65. The van der Waals surface area contributed by atoms with Gasteiger partial charge in [0, 0.05) is 7.05 Å². The number of ether oxygens (including phenoxy) is 1. The molecule has 0 radical (unpaired) electrons. The van der Waals surface area contributed by atoms with Crippen LogP contribution in [0, 0.1) is 0 Å². The summed E-state index contributed by atoms with van der Waals surface area (Å²) < 4.78 is 10.9. The Kier molecular flexibility index (Phi) is 3.21. The summed E-state index contributed by atoms with van der Waals surface area (Å²) in [6.45, 7) is -0.234. The Balaban J connectivity index is 2.40. The molecular formula is C10H10BrNO5. The van der Waals surface area contributed by atoms with Crippen LogP contribution in [0.5, 0.6) is 0 Å². The first-order valence-corrected chi connectivity index (χ1v) is 5.64. The molecule has 0 saturated carbocycles. The van der Waals surface area contributed by atoms with Crippen molar-refractivity contribution in [1.29, 1.82) is 0 Å². The normalized spacial score (nSPS) is 25.1. The summed E-state index contributed by atoms with van der Waals surface area (Å²) in [7, 11) is 1.53. The van der Waals surface area contributed by atoms with Crippen molar-refractivity contribution in [2.45, 2.75) is 12.1 Å². The zero-order valence-corrected chi connectivity index (χ0v) is 10.5. The number of morpholine rings is 1. The van der Waals surface area contributed by atoms with Crippen LogP contribution < -0.4 is 0 Å². The number of furan rings is 1. The number of aliphatic carboxylic acids is 1. The van der Waals surface area contributed by atoms with Gasteiger partial charge in [0.25, 0.3) is 0 Å². The third kappa shape index (κ3) is 2.07. The lowest BCUT2D eigenvalue weighted by atomic mass is 10.1. The van der Waals surface area contributed by atoms with Crippen molar-refractivity contribution in [2.24, 2.45) is 0 Å². The van der Waals surface area contributed by atoms with Crippen LogP contribution >= 0.6 is 15.9 Å². The second-order valence-corrected chi connectivity index (χ2v) is 4.51. The van der Waals surface area contributed by atoms with Gasteiger partial charge in [-0.25, -0.2) is 4.79 Å². The first kappa shape index (κ1) is 12.1. The smallest absolute Gasteiger partial charge is 0.335 e. The van der Waals surface area contributed by atoms with E-state index in [4.69, 9.17) is 14.3 Å². The molecule has 1 saturated heterocycles. The van der Waals surface area contributed by atoms with E-state index in [1.165, 1.54) is 18.2 Å². The van der Waals surface area contributed by atoms with Gasteiger partial charge in [-0.05, 0) is 22.0 Å². The van der Waals surface area contributed by atoms with Gasteiger partial charge in [-0.3, -0.25) is 4.79 Å². The average molecular weight is 304 g/mol. The van der Waals surface area contributed by atoms with Crippen molar-refractivity contribution in [3.63, 3.8) is 0 Å². The van der Waals surface area contributed by atoms with E-state index in [1.807, 2.05) is 0 Å². The van der Waals surface area contributed by atoms with E-state index in [2.05, 4.69) is 15.9 Å². The van der Waals surface area contributed by atoms with Crippen LogP contribution in [0.3, 0.4) is 0 Å². The molecular weight excluding hydrogens is 294 g/mol. The predicted molar refractivity (Wildman–Crippen MR) is 59.3 cm³/mol. The Morgan fingerprint density at radius 3 is 2.88 bits per heavy atom. The van der Waals surface area contributed by atoms with E-state index >= 15 is 0 Å². The maximum Gasteiger partial charge on any atom is 0.335 e. The summed E-state index contributed by atoms with van der Waals surface area (Å²) in [5.41, 5.74) is 0. The number of amides is 1. The molecule has 0 aromatic carbocycles. The van der Waals surface area contributed by atoms with Gasteiger partial charge in [0.15, 0.2) is 6.10 Å². The molecule has 7 heteroatoms. The summed E-state index contributed by atoms with van der Waals surface area (Å²) in [4.78, 5) is 24.0. The number of carbonyl (C=O) groups excluding carboxylic acids is 1. The standard InChI is InChI=1S/C10H10BrNO5/c1-12-6(13)4-17-9(10(14)15)7(12)8-5(11)2-3-16-8/h2-3,7,9H,4H2,1H3,(H,14,15). The van der Waals surface area contributed by atoms with Crippen molar-refractivity contribution in [3.05, 3.63) is 22.6 Å². The Labute approximate surface area is 105 Å². The molecule has 1 N–H and O–H groups in total. The molecule has 1 amide bonds. The molecule has 2 unspecified atom stereocenters. The van der Waals surface area contributed by atoms with Gasteiger partial charge >= 0.3 is 5.97 Å². The maximum absolute atomic E-state index is 11.5. The monoisotopic (exact) mass is 303 g/mol. The Morgan fingerprint density at radius 1 is 1.65 bits per heavy atom. The number of carboxylic acid groups (broad SMARTS) is 1. The van der Waals surface area contributed by atoms with E-state index in [0.29, 0.717) is 10.2 Å². The fourth-order valence-electron chi connectivity index (χ4n) is 1.75. The van der Waals surface area contributed by atoms with Gasteiger partial charge in [-0.1, -0.05) is 0 Å². The van der Waals surface area contributed by atoms with Crippen molar-refractivity contribution in [1.82, 2.24) is 4.90 Å². The van der Waals surface area contributed by atoms with Gasteiger partial charge in [-0.15, -0.1) is 0 Å². The van der Waals surface area contributed by atoms with Crippen molar-refractivity contribution >= 4 is 27.8 Å². The summed E-state index contributed by atoms with van der Waals surface area (Å²) in [6.07, 6.45) is 0.297. The van der Waals surface area contributed by atoms with E-state index in [1.54, 1.807) is 6.07 Å². The average Bonchev–Trinajstić information content (AvgIpc) is 2.68.